The number of imidazole rings is 1. The van der Waals surface area contributed by atoms with E-state index < -0.39 is 35.8 Å². The first-order valence-corrected chi connectivity index (χ1v) is 9.11. The van der Waals surface area contributed by atoms with Gasteiger partial charge in [-0.05, 0) is 0 Å². The molecule has 0 spiro atoms. The van der Waals surface area contributed by atoms with Crippen LogP contribution in [0.3, 0.4) is 0 Å². The Labute approximate surface area is 170 Å². The van der Waals surface area contributed by atoms with E-state index in [0.29, 0.717) is 23.9 Å². The summed E-state index contributed by atoms with van der Waals surface area (Å²) < 4.78 is 60.2. The number of hydrogen-bond acceptors (Lipinski definition) is 6. The summed E-state index contributed by atoms with van der Waals surface area (Å²) in [5, 5.41) is 3.57. The third-order valence-electron chi connectivity index (χ3n) is 5.01. The number of amides is 1. The second-order valence-corrected chi connectivity index (χ2v) is 6.92. The van der Waals surface area contributed by atoms with Gasteiger partial charge in [-0.15, -0.1) is 5.10 Å². The summed E-state index contributed by atoms with van der Waals surface area (Å²) in [6.45, 7) is 0.144. The van der Waals surface area contributed by atoms with Crippen LogP contribution < -0.4 is 0 Å². The van der Waals surface area contributed by atoms with Gasteiger partial charge in [0, 0.05) is 37.8 Å². The molecule has 3 aromatic heterocycles. The predicted octanol–water partition coefficient (Wildman–Crippen LogP) is 2.68. The monoisotopic (exact) mass is 435 g/mol. The first-order chi connectivity index (χ1) is 14.8. The molecule has 0 radical (unpaired) electrons. The molecule has 13 heteroatoms. The lowest BCUT2D eigenvalue weighted by atomic mass is 10.0. The standard InChI is InChI=1S/C18H13F4N7O2/c1-28-16(26-15(27-28)14(21)22)18(30)29-3-2-9-11(24-6-23-9)12(29)17-25-10-5-7(19)4-8(20)13(10)31-17/h4-6,12,14H,2-3H2,1H3,(H,23,24)/t12-/m0/s1. The zero-order chi connectivity index (χ0) is 21.9. The zero-order valence-corrected chi connectivity index (χ0v) is 15.8. The third-order valence-corrected chi connectivity index (χ3v) is 5.01. The van der Waals surface area contributed by atoms with E-state index in [1.54, 1.807) is 0 Å². The van der Waals surface area contributed by atoms with Crippen LogP contribution in [0, 0.1) is 11.6 Å². The number of fused-ring (bicyclic) bond motifs is 2. The Balaban J connectivity index is 1.62. The van der Waals surface area contributed by atoms with E-state index in [9.17, 15) is 22.4 Å². The number of aromatic amines is 1. The van der Waals surface area contributed by atoms with Crippen LogP contribution in [0.1, 0.15) is 46.2 Å². The molecule has 1 amide bonds. The number of nitrogens with zero attached hydrogens (tertiary/aromatic N) is 6. The van der Waals surface area contributed by atoms with Gasteiger partial charge in [-0.25, -0.2) is 37.2 Å². The highest BCUT2D eigenvalue weighted by molar-refractivity contribution is 5.91. The van der Waals surface area contributed by atoms with Crippen LogP contribution in [-0.2, 0) is 13.5 Å². The molecular formula is C18H13F4N7O2. The Morgan fingerprint density at radius 2 is 2.10 bits per heavy atom. The van der Waals surface area contributed by atoms with E-state index >= 15 is 0 Å². The number of alkyl halides is 2. The number of H-pyrrole nitrogens is 1. The molecule has 1 aliphatic heterocycles. The molecule has 31 heavy (non-hydrogen) atoms. The maximum atomic E-state index is 14.1. The number of carbonyl (C=O) groups excluding carboxylic acids is 1. The van der Waals surface area contributed by atoms with Crippen LogP contribution in [0.4, 0.5) is 17.6 Å². The maximum absolute atomic E-state index is 14.1. The number of nitrogens with one attached hydrogen (secondary N) is 1. The molecule has 0 aliphatic carbocycles. The van der Waals surface area contributed by atoms with Gasteiger partial charge in [0.2, 0.25) is 17.5 Å². The van der Waals surface area contributed by atoms with Gasteiger partial charge in [-0.1, -0.05) is 0 Å². The molecule has 1 aromatic carbocycles. The summed E-state index contributed by atoms with van der Waals surface area (Å²) in [5.74, 6) is -3.68. The Kier molecular flexibility index (Phi) is 4.27. The number of aryl methyl sites for hydroxylation is 1. The Morgan fingerprint density at radius 1 is 1.29 bits per heavy atom. The van der Waals surface area contributed by atoms with Crippen LogP contribution in [0.25, 0.3) is 11.1 Å². The van der Waals surface area contributed by atoms with Crippen LogP contribution in [0.15, 0.2) is 22.9 Å². The van der Waals surface area contributed by atoms with Crippen molar-refractivity contribution < 1.29 is 26.8 Å². The van der Waals surface area contributed by atoms with Crippen LogP contribution in [0.5, 0.6) is 0 Å². The zero-order valence-electron chi connectivity index (χ0n) is 15.8. The van der Waals surface area contributed by atoms with Crippen molar-refractivity contribution in [1.29, 1.82) is 0 Å². The second kappa shape index (κ2) is 6.89. The molecule has 0 bridgehead atoms. The number of halogens is 4. The van der Waals surface area contributed by atoms with Crippen molar-refractivity contribution in [2.45, 2.75) is 18.9 Å². The SMILES string of the molecule is Cn1nc(C(F)F)nc1C(=O)N1CCc2[nH]cnc2[C@H]1c1nc2cc(F)cc(F)c2o1. The quantitative estimate of drug-likeness (QED) is 0.496. The normalized spacial score (nSPS) is 16.3. The van der Waals surface area contributed by atoms with Crippen molar-refractivity contribution in [3.8, 4) is 0 Å². The molecule has 0 saturated carbocycles. The summed E-state index contributed by atoms with van der Waals surface area (Å²) in [6.07, 6.45) is -1.13. The molecule has 1 N–H and O–H groups in total. The third kappa shape index (κ3) is 3.04. The summed E-state index contributed by atoms with van der Waals surface area (Å²) in [4.78, 5) is 29.5. The predicted molar refractivity (Wildman–Crippen MR) is 95.1 cm³/mol. The number of carbonyl (C=O) groups is 1. The van der Waals surface area contributed by atoms with E-state index in [2.05, 4.69) is 25.0 Å². The molecule has 5 rings (SSSR count). The lowest BCUT2D eigenvalue weighted by Crippen LogP contribution is -2.42. The lowest BCUT2D eigenvalue weighted by molar-refractivity contribution is 0.0649. The molecule has 0 unspecified atom stereocenters. The van der Waals surface area contributed by atoms with Gasteiger partial charge in [-0.2, -0.15) is 0 Å². The van der Waals surface area contributed by atoms with Crippen LogP contribution in [-0.4, -0.2) is 47.1 Å². The number of rotatable bonds is 3. The molecule has 1 atom stereocenters. The van der Waals surface area contributed by atoms with Gasteiger partial charge in [0.15, 0.2) is 17.4 Å². The summed E-state index contributed by atoms with van der Waals surface area (Å²) >= 11 is 0. The van der Waals surface area contributed by atoms with Crippen LogP contribution in [0.2, 0.25) is 0 Å². The van der Waals surface area contributed by atoms with Crippen molar-refractivity contribution in [2.75, 3.05) is 6.54 Å². The van der Waals surface area contributed by atoms with E-state index in [0.717, 1.165) is 10.7 Å². The fourth-order valence-corrected chi connectivity index (χ4v) is 3.65. The fourth-order valence-electron chi connectivity index (χ4n) is 3.65. The van der Waals surface area contributed by atoms with E-state index in [4.69, 9.17) is 4.42 Å². The van der Waals surface area contributed by atoms with Crippen molar-refractivity contribution in [1.82, 2.24) is 34.6 Å². The minimum atomic E-state index is -2.95. The minimum Gasteiger partial charge on any atom is -0.435 e. The number of oxazole rings is 1. The first kappa shape index (κ1) is 19.2. The second-order valence-electron chi connectivity index (χ2n) is 6.92. The van der Waals surface area contributed by atoms with Gasteiger partial charge in [-0.3, -0.25) is 4.79 Å². The molecule has 9 nitrogen and oxygen atoms in total. The Morgan fingerprint density at radius 3 is 2.84 bits per heavy atom. The average molecular weight is 435 g/mol. The van der Waals surface area contributed by atoms with Gasteiger partial charge >= 0.3 is 0 Å². The van der Waals surface area contributed by atoms with Gasteiger partial charge in [0.05, 0.1) is 12.0 Å². The molecule has 160 valence electrons. The molecule has 4 aromatic rings. The molecule has 0 fully saturated rings. The first-order valence-electron chi connectivity index (χ1n) is 9.11. The summed E-state index contributed by atoms with van der Waals surface area (Å²) in [5.41, 5.74) is 0.754. The van der Waals surface area contributed by atoms with E-state index in [-0.39, 0.29) is 29.4 Å². The minimum absolute atomic E-state index is 0.0683. The van der Waals surface area contributed by atoms with Crippen LogP contribution >= 0.6 is 0 Å². The average Bonchev–Trinajstić information content (AvgIpc) is 3.44. The summed E-state index contributed by atoms with van der Waals surface area (Å²) in [7, 11) is 1.32. The van der Waals surface area contributed by atoms with Gasteiger partial charge < -0.3 is 14.3 Å². The maximum Gasteiger partial charge on any atom is 0.299 e. The van der Waals surface area contributed by atoms with Gasteiger partial charge in [0.25, 0.3) is 12.3 Å². The lowest BCUT2D eigenvalue weighted by Gasteiger charge is -2.32. The Hall–Kier alpha value is -3.77. The molecule has 4 heterocycles. The molecule has 1 aliphatic rings. The van der Waals surface area contributed by atoms with Crippen molar-refractivity contribution in [2.24, 2.45) is 7.05 Å². The molecule has 0 saturated heterocycles. The largest absolute Gasteiger partial charge is 0.435 e. The highest BCUT2D eigenvalue weighted by atomic mass is 19.3. The Bertz CT molecular complexity index is 1310. The highest BCUT2D eigenvalue weighted by Crippen LogP contribution is 2.36. The number of hydrogen-bond donors (Lipinski definition) is 1. The smallest absolute Gasteiger partial charge is 0.299 e. The van der Waals surface area contributed by atoms with Crippen molar-refractivity contribution in [3.63, 3.8) is 0 Å². The van der Waals surface area contributed by atoms with Gasteiger partial charge in [0.1, 0.15) is 11.3 Å². The number of aromatic nitrogens is 6. The topological polar surface area (TPSA) is 106 Å². The molecular weight excluding hydrogens is 422 g/mol. The van der Waals surface area contributed by atoms with E-state index in [1.807, 2.05) is 0 Å². The highest BCUT2D eigenvalue weighted by Gasteiger charge is 2.39. The fraction of sp³-hybridized carbons (Fsp3) is 0.278. The van der Waals surface area contributed by atoms with E-state index in [1.165, 1.54) is 18.3 Å². The van der Waals surface area contributed by atoms with Crippen molar-refractivity contribution in [3.05, 3.63) is 59.0 Å². The van der Waals surface area contributed by atoms with Crippen molar-refractivity contribution >= 4 is 17.0 Å². The summed E-state index contributed by atoms with van der Waals surface area (Å²) in [6, 6.07) is 0.653. The number of benzene rings is 1.